The number of carbonyl (C=O) groups excluding carboxylic acids is 2. The van der Waals surface area contributed by atoms with Crippen LogP contribution in [0.5, 0.6) is 0 Å². The Kier molecular flexibility index (Phi) is 75.3. The van der Waals surface area contributed by atoms with Crippen LogP contribution in [-0.4, -0.2) is 47.4 Å². The summed E-state index contributed by atoms with van der Waals surface area (Å²) in [7, 11) is 0. The van der Waals surface area contributed by atoms with Gasteiger partial charge < -0.3 is 20.3 Å². The van der Waals surface area contributed by atoms with Crippen molar-refractivity contribution in [1.29, 1.82) is 0 Å². The molecule has 0 fully saturated rings. The lowest BCUT2D eigenvalue weighted by Crippen LogP contribution is -2.45. The first-order valence-corrected chi connectivity index (χ1v) is 40.1. The van der Waals surface area contributed by atoms with Gasteiger partial charge in [-0.05, 0) is 51.4 Å². The van der Waals surface area contributed by atoms with Gasteiger partial charge in [0.2, 0.25) is 5.91 Å². The molecule has 2 atom stereocenters. The second-order valence-electron chi connectivity index (χ2n) is 27.8. The van der Waals surface area contributed by atoms with Crippen molar-refractivity contribution in [1.82, 2.24) is 5.32 Å². The average molecular weight is 1230 g/mol. The van der Waals surface area contributed by atoms with Gasteiger partial charge in [0.05, 0.1) is 25.4 Å². The first kappa shape index (κ1) is 85.3. The summed E-state index contributed by atoms with van der Waals surface area (Å²) >= 11 is 0. The van der Waals surface area contributed by atoms with E-state index in [0.29, 0.717) is 25.9 Å². The smallest absolute Gasteiger partial charge is 0.305 e. The Morgan fingerprint density at radius 1 is 0.322 bits per heavy atom. The van der Waals surface area contributed by atoms with Crippen molar-refractivity contribution in [2.45, 2.75) is 469 Å². The third kappa shape index (κ3) is 73.3. The van der Waals surface area contributed by atoms with E-state index in [2.05, 4.69) is 43.5 Å². The fourth-order valence-corrected chi connectivity index (χ4v) is 12.9. The zero-order valence-corrected chi connectivity index (χ0v) is 59.3. The predicted molar refractivity (Wildman–Crippen MR) is 384 cm³/mol. The summed E-state index contributed by atoms with van der Waals surface area (Å²) in [6, 6.07) is -0.537. The summed E-state index contributed by atoms with van der Waals surface area (Å²) in [5, 5.41) is 23.4. The molecule has 0 saturated carbocycles. The van der Waals surface area contributed by atoms with Gasteiger partial charge in [0.1, 0.15) is 0 Å². The minimum absolute atomic E-state index is 0.00947. The fourth-order valence-electron chi connectivity index (χ4n) is 12.9. The molecule has 6 heteroatoms. The van der Waals surface area contributed by atoms with Crippen LogP contribution in [0.2, 0.25) is 0 Å². The monoisotopic (exact) mass is 1220 g/mol. The number of aliphatic hydroxyl groups is 2. The molecule has 3 N–H and O–H groups in total. The number of unbranched alkanes of at least 4 members (excludes halogenated alkanes) is 61. The lowest BCUT2D eigenvalue weighted by molar-refractivity contribution is -0.143. The van der Waals surface area contributed by atoms with Gasteiger partial charge in [-0.3, -0.25) is 9.59 Å². The van der Waals surface area contributed by atoms with Crippen LogP contribution < -0.4 is 5.32 Å². The first-order valence-electron chi connectivity index (χ1n) is 40.1. The van der Waals surface area contributed by atoms with E-state index in [9.17, 15) is 19.8 Å². The standard InChI is InChI=1S/C81H157NO5/c1-3-5-7-9-11-13-15-17-19-20-40-43-46-49-53-57-61-65-69-73-79(84)78(77-83)82-80(85)74-70-66-62-58-54-50-47-44-41-38-36-34-32-30-28-26-24-22-21-23-25-27-29-31-33-35-37-39-42-45-48-52-56-60-64-68-72-76-87-81(86)75-71-67-63-59-55-51-18-16-14-12-10-8-6-4-2/h10,12,16,18,78-79,83-84H,3-9,11,13-15,17,19-77H2,1-2H3,(H,82,85)/b12-10-,18-16-. The number of amides is 1. The fraction of sp³-hybridized carbons (Fsp3) is 0.926. The number of rotatable bonds is 76. The predicted octanol–water partition coefficient (Wildman–Crippen LogP) is 26.4. The van der Waals surface area contributed by atoms with Gasteiger partial charge in [0, 0.05) is 12.8 Å². The molecule has 0 aromatic heterocycles. The molecule has 0 saturated heterocycles. The Bertz CT molecular complexity index is 1360. The molecule has 0 radical (unpaired) electrons. The minimum Gasteiger partial charge on any atom is -0.466 e. The lowest BCUT2D eigenvalue weighted by Gasteiger charge is -2.22. The van der Waals surface area contributed by atoms with Gasteiger partial charge in [-0.25, -0.2) is 0 Å². The van der Waals surface area contributed by atoms with Gasteiger partial charge >= 0.3 is 5.97 Å². The highest BCUT2D eigenvalue weighted by Gasteiger charge is 2.20. The molecule has 0 rings (SSSR count). The molecule has 6 nitrogen and oxygen atoms in total. The van der Waals surface area contributed by atoms with Gasteiger partial charge in [-0.2, -0.15) is 0 Å². The summed E-state index contributed by atoms with van der Waals surface area (Å²) in [6.07, 6.45) is 98.5. The second kappa shape index (κ2) is 76.8. The van der Waals surface area contributed by atoms with Crippen molar-refractivity contribution in [3.63, 3.8) is 0 Å². The maximum absolute atomic E-state index is 12.6. The van der Waals surface area contributed by atoms with E-state index < -0.39 is 12.1 Å². The van der Waals surface area contributed by atoms with Crippen molar-refractivity contribution in [2.75, 3.05) is 13.2 Å². The third-order valence-electron chi connectivity index (χ3n) is 19.0. The highest BCUT2D eigenvalue weighted by molar-refractivity contribution is 5.76. The van der Waals surface area contributed by atoms with E-state index in [-0.39, 0.29) is 18.5 Å². The number of hydrogen-bond donors (Lipinski definition) is 3. The van der Waals surface area contributed by atoms with Crippen molar-refractivity contribution < 1.29 is 24.5 Å². The Morgan fingerprint density at radius 2 is 0.586 bits per heavy atom. The molecule has 0 heterocycles. The van der Waals surface area contributed by atoms with Crippen molar-refractivity contribution in [3.8, 4) is 0 Å². The van der Waals surface area contributed by atoms with E-state index >= 15 is 0 Å². The Hall–Kier alpha value is -1.66. The molecular formula is C81H157NO5. The summed E-state index contributed by atoms with van der Waals surface area (Å²) < 4.78 is 5.49. The van der Waals surface area contributed by atoms with Crippen LogP contribution >= 0.6 is 0 Å². The number of allylic oxidation sites excluding steroid dienone is 4. The van der Waals surface area contributed by atoms with Gasteiger partial charge in [-0.1, -0.05) is 417 Å². The van der Waals surface area contributed by atoms with E-state index in [0.717, 1.165) is 51.4 Å². The molecule has 0 spiro atoms. The van der Waals surface area contributed by atoms with Crippen molar-refractivity contribution in [3.05, 3.63) is 24.3 Å². The molecule has 2 unspecified atom stereocenters. The van der Waals surface area contributed by atoms with Crippen molar-refractivity contribution in [2.24, 2.45) is 0 Å². The highest BCUT2D eigenvalue weighted by atomic mass is 16.5. The normalized spacial score (nSPS) is 12.6. The second-order valence-corrected chi connectivity index (χ2v) is 27.8. The van der Waals surface area contributed by atoms with E-state index in [4.69, 9.17) is 4.74 Å². The van der Waals surface area contributed by atoms with Gasteiger partial charge in [-0.15, -0.1) is 0 Å². The first-order chi connectivity index (χ1) is 43.0. The molecule has 0 aliphatic rings. The number of aliphatic hydroxyl groups excluding tert-OH is 2. The quantitative estimate of drug-likeness (QED) is 0.0320. The van der Waals surface area contributed by atoms with E-state index in [1.165, 1.54) is 372 Å². The largest absolute Gasteiger partial charge is 0.466 e. The molecule has 87 heavy (non-hydrogen) atoms. The number of ether oxygens (including phenoxy) is 1. The average Bonchev–Trinajstić information content (AvgIpc) is 3.54. The Labute approximate surface area is 545 Å². The number of hydrogen-bond acceptors (Lipinski definition) is 5. The van der Waals surface area contributed by atoms with Crippen LogP contribution in [-0.2, 0) is 14.3 Å². The molecule has 1 amide bonds. The number of carbonyl (C=O) groups is 2. The maximum atomic E-state index is 12.6. The van der Waals surface area contributed by atoms with Crippen LogP contribution in [0.25, 0.3) is 0 Å². The summed E-state index contributed by atoms with van der Waals surface area (Å²) in [6.45, 7) is 4.96. The molecule has 0 aliphatic carbocycles. The topological polar surface area (TPSA) is 95.9 Å². The van der Waals surface area contributed by atoms with Crippen LogP contribution in [0.15, 0.2) is 24.3 Å². The van der Waals surface area contributed by atoms with Crippen LogP contribution in [0, 0.1) is 0 Å². The zero-order chi connectivity index (χ0) is 62.8. The third-order valence-corrected chi connectivity index (χ3v) is 19.0. The molecule has 0 aliphatic heterocycles. The van der Waals surface area contributed by atoms with Crippen LogP contribution in [0.3, 0.4) is 0 Å². The van der Waals surface area contributed by atoms with E-state index in [1.54, 1.807) is 0 Å². The molecule has 0 bridgehead atoms. The number of esters is 1. The van der Waals surface area contributed by atoms with Crippen LogP contribution in [0.4, 0.5) is 0 Å². The maximum Gasteiger partial charge on any atom is 0.305 e. The Balaban J connectivity index is 3.30. The van der Waals surface area contributed by atoms with Gasteiger partial charge in [0.15, 0.2) is 0 Å². The molecule has 0 aromatic carbocycles. The zero-order valence-electron chi connectivity index (χ0n) is 59.3. The van der Waals surface area contributed by atoms with Crippen LogP contribution in [0.1, 0.15) is 457 Å². The summed E-state index contributed by atoms with van der Waals surface area (Å²) in [5.41, 5.74) is 0. The van der Waals surface area contributed by atoms with Crippen molar-refractivity contribution >= 4 is 11.9 Å². The molecule has 0 aromatic rings. The number of nitrogens with one attached hydrogen (secondary N) is 1. The summed E-state index contributed by atoms with van der Waals surface area (Å²) in [4.78, 5) is 24.6. The van der Waals surface area contributed by atoms with Gasteiger partial charge in [0.25, 0.3) is 0 Å². The summed E-state index contributed by atoms with van der Waals surface area (Å²) in [5.74, 6) is -0.0148. The molecular weight excluding hydrogens is 1070 g/mol. The SMILES string of the molecule is CCCC/C=C\C/C=C\CCCCCCCC(=O)OCCCCCCCCCCCCCCCCCCCCCCCCCCCCCCCCCCCCCCCC(=O)NC(CO)C(O)CCCCCCCCCCCCCCCCCCCCC. The lowest BCUT2D eigenvalue weighted by atomic mass is 10.0. The molecule has 516 valence electrons. The van der Waals surface area contributed by atoms with E-state index in [1.807, 2.05) is 0 Å². The Morgan fingerprint density at radius 3 is 0.908 bits per heavy atom. The minimum atomic E-state index is -0.661. The highest BCUT2D eigenvalue weighted by Crippen LogP contribution is 2.20.